The van der Waals surface area contributed by atoms with Crippen molar-refractivity contribution in [2.45, 2.75) is 32.2 Å². The SMILES string of the molecule is CCc1ccc(CC(N)Cc2ccc3c(c2)OCO3)cc1. The molecule has 110 valence electrons. The predicted molar refractivity (Wildman–Crippen MR) is 83.8 cm³/mol. The van der Waals surface area contributed by atoms with Gasteiger partial charge >= 0.3 is 0 Å². The molecule has 1 aliphatic rings. The normalized spacial score (nSPS) is 14.2. The van der Waals surface area contributed by atoms with E-state index in [9.17, 15) is 0 Å². The van der Waals surface area contributed by atoms with Gasteiger partial charge in [0.15, 0.2) is 11.5 Å². The molecule has 0 bridgehead atoms. The van der Waals surface area contributed by atoms with Crippen LogP contribution in [-0.2, 0) is 19.3 Å². The zero-order valence-electron chi connectivity index (χ0n) is 12.3. The number of aryl methyl sites for hydroxylation is 1. The Bertz CT molecular complexity index is 607. The Morgan fingerprint density at radius 1 is 0.905 bits per heavy atom. The largest absolute Gasteiger partial charge is 0.454 e. The summed E-state index contributed by atoms with van der Waals surface area (Å²) < 4.78 is 10.7. The molecule has 2 aromatic rings. The zero-order valence-corrected chi connectivity index (χ0v) is 12.3. The van der Waals surface area contributed by atoms with Gasteiger partial charge in [0.1, 0.15) is 0 Å². The van der Waals surface area contributed by atoms with Gasteiger partial charge in [0.25, 0.3) is 0 Å². The number of hydrogen-bond acceptors (Lipinski definition) is 3. The number of fused-ring (bicyclic) bond motifs is 1. The van der Waals surface area contributed by atoms with Crippen LogP contribution in [0, 0.1) is 0 Å². The van der Waals surface area contributed by atoms with Gasteiger partial charge in [-0.15, -0.1) is 0 Å². The Morgan fingerprint density at radius 2 is 1.52 bits per heavy atom. The summed E-state index contributed by atoms with van der Waals surface area (Å²) in [5.41, 5.74) is 10.1. The maximum Gasteiger partial charge on any atom is 0.231 e. The summed E-state index contributed by atoms with van der Waals surface area (Å²) in [4.78, 5) is 0. The minimum absolute atomic E-state index is 0.109. The van der Waals surface area contributed by atoms with Crippen LogP contribution >= 0.6 is 0 Å². The molecule has 1 aliphatic heterocycles. The van der Waals surface area contributed by atoms with Crippen molar-refractivity contribution >= 4 is 0 Å². The molecule has 0 saturated carbocycles. The molecular formula is C18H21NO2. The molecule has 2 N–H and O–H groups in total. The standard InChI is InChI=1S/C18H21NO2/c1-2-13-3-5-14(6-4-13)9-16(19)10-15-7-8-17-18(11-15)21-12-20-17/h3-8,11,16H,2,9-10,12,19H2,1H3. The lowest BCUT2D eigenvalue weighted by atomic mass is 9.98. The van der Waals surface area contributed by atoms with Crippen molar-refractivity contribution in [2.75, 3.05) is 6.79 Å². The van der Waals surface area contributed by atoms with Gasteiger partial charge < -0.3 is 15.2 Å². The lowest BCUT2D eigenvalue weighted by molar-refractivity contribution is 0.174. The minimum atomic E-state index is 0.109. The molecule has 2 aromatic carbocycles. The van der Waals surface area contributed by atoms with Gasteiger partial charge in [-0.25, -0.2) is 0 Å². The van der Waals surface area contributed by atoms with Crippen molar-refractivity contribution in [3.8, 4) is 11.5 Å². The molecule has 0 fully saturated rings. The average Bonchev–Trinajstić information content (AvgIpc) is 2.95. The molecule has 0 radical (unpaired) electrons. The number of nitrogens with two attached hydrogens (primary N) is 1. The average molecular weight is 283 g/mol. The smallest absolute Gasteiger partial charge is 0.231 e. The van der Waals surface area contributed by atoms with E-state index in [1.165, 1.54) is 16.7 Å². The Hall–Kier alpha value is -2.00. The van der Waals surface area contributed by atoms with Crippen LogP contribution in [0.1, 0.15) is 23.6 Å². The first-order valence-electron chi connectivity index (χ1n) is 7.46. The molecule has 1 heterocycles. The number of benzene rings is 2. The van der Waals surface area contributed by atoms with Crippen LogP contribution in [-0.4, -0.2) is 12.8 Å². The number of ether oxygens (including phenoxy) is 2. The molecular weight excluding hydrogens is 262 g/mol. The highest BCUT2D eigenvalue weighted by molar-refractivity contribution is 5.44. The highest BCUT2D eigenvalue weighted by Crippen LogP contribution is 2.32. The number of rotatable bonds is 5. The van der Waals surface area contributed by atoms with Crippen molar-refractivity contribution in [2.24, 2.45) is 5.73 Å². The molecule has 1 unspecified atom stereocenters. The van der Waals surface area contributed by atoms with Crippen molar-refractivity contribution < 1.29 is 9.47 Å². The van der Waals surface area contributed by atoms with E-state index in [0.717, 1.165) is 30.8 Å². The first-order chi connectivity index (χ1) is 10.2. The molecule has 1 atom stereocenters. The monoisotopic (exact) mass is 283 g/mol. The summed E-state index contributed by atoms with van der Waals surface area (Å²) in [7, 11) is 0. The van der Waals surface area contributed by atoms with Crippen LogP contribution < -0.4 is 15.2 Å². The second kappa shape index (κ2) is 6.19. The first kappa shape index (κ1) is 14.0. The lowest BCUT2D eigenvalue weighted by Crippen LogP contribution is -2.25. The van der Waals surface area contributed by atoms with Gasteiger partial charge in [-0.3, -0.25) is 0 Å². The van der Waals surface area contributed by atoms with Crippen LogP contribution in [0.2, 0.25) is 0 Å². The van der Waals surface area contributed by atoms with E-state index in [4.69, 9.17) is 15.2 Å². The van der Waals surface area contributed by atoms with Gasteiger partial charge in [0.2, 0.25) is 6.79 Å². The number of hydrogen-bond donors (Lipinski definition) is 1. The van der Waals surface area contributed by atoms with E-state index in [-0.39, 0.29) is 6.04 Å². The van der Waals surface area contributed by atoms with Crippen molar-refractivity contribution in [3.63, 3.8) is 0 Å². The molecule has 21 heavy (non-hydrogen) atoms. The molecule has 3 heteroatoms. The maximum atomic E-state index is 6.28. The summed E-state index contributed by atoms with van der Waals surface area (Å²) in [6.07, 6.45) is 2.80. The van der Waals surface area contributed by atoms with E-state index >= 15 is 0 Å². The van der Waals surface area contributed by atoms with Crippen LogP contribution in [0.15, 0.2) is 42.5 Å². The summed E-state index contributed by atoms with van der Waals surface area (Å²) in [5, 5.41) is 0. The Kier molecular flexibility index (Phi) is 4.11. The van der Waals surface area contributed by atoms with Crippen molar-refractivity contribution in [3.05, 3.63) is 59.2 Å². The Labute approximate surface area is 125 Å². The molecule has 0 saturated heterocycles. The fourth-order valence-electron chi connectivity index (χ4n) is 2.66. The first-order valence-corrected chi connectivity index (χ1v) is 7.46. The highest BCUT2D eigenvalue weighted by atomic mass is 16.7. The van der Waals surface area contributed by atoms with Crippen LogP contribution in [0.4, 0.5) is 0 Å². The molecule has 0 spiro atoms. The van der Waals surface area contributed by atoms with Crippen LogP contribution in [0.25, 0.3) is 0 Å². The van der Waals surface area contributed by atoms with Gasteiger partial charge in [-0.2, -0.15) is 0 Å². The Balaban J connectivity index is 1.61. The fraction of sp³-hybridized carbons (Fsp3) is 0.333. The maximum absolute atomic E-state index is 6.28. The molecule has 3 nitrogen and oxygen atoms in total. The van der Waals surface area contributed by atoms with Crippen molar-refractivity contribution in [1.82, 2.24) is 0 Å². The van der Waals surface area contributed by atoms with Crippen LogP contribution in [0.5, 0.6) is 11.5 Å². The molecule has 0 aliphatic carbocycles. The van der Waals surface area contributed by atoms with Crippen molar-refractivity contribution in [1.29, 1.82) is 0 Å². The summed E-state index contributed by atoms with van der Waals surface area (Å²) in [6, 6.07) is 14.9. The summed E-state index contributed by atoms with van der Waals surface area (Å²) >= 11 is 0. The van der Waals surface area contributed by atoms with Gasteiger partial charge in [-0.05, 0) is 48.1 Å². The third-order valence-corrected chi connectivity index (χ3v) is 3.86. The lowest BCUT2D eigenvalue weighted by Gasteiger charge is -2.12. The third kappa shape index (κ3) is 3.37. The molecule has 0 aromatic heterocycles. The predicted octanol–water partition coefficient (Wildman–Crippen LogP) is 3.09. The van der Waals surface area contributed by atoms with E-state index in [1.807, 2.05) is 12.1 Å². The topological polar surface area (TPSA) is 44.5 Å². The Morgan fingerprint density at radius 3 is 2.29 bits per heavy atom. The summed E-state index contributed by atoms with van der Waals surface area (Å²) in [5.74, 6) is 1.65. The van der Waals surface area contributed by atoms with E-state index in [2.05, 4.69) is 37.3 Å². The van der Waals surface area contributed by atoms with Gasteiger partial charge in [0.05, 0.1) is 0 Å². The van der Waals surface area contributed by atoms with Gasteiger partial charge in [-0.1, -0.05) is 37.3 Å². The van der Waals surface area contributed by atoms with Crippen LogP contribution in [0.3, 0.4) is 0 Å². The summed E-state index contributed by atoms with van der Waals surface area (Å²) in [6.45, 7) is 2.48. The zero-order chi connectivity index (χ0) is 14.7. The van der Waals surface area contributed by atoms with E-state index in [1.54, 1.807) is 0 Å². The molecule has 0 amide bonds. The fourth-order valence-corrected chi connectivity index (χ4v) is 2.66. The second-order valence-electron chi connectivity index (χ2n) is 5.53. The molecule has 3 rings (SSSR count). The van der Waals surface area contributed by atoms with E-state index < -0.39 is 0 Å². The minimum Gasteiger partial charge on any atom is -0.454 e. The van der Waals surface area contributed by atoms with E-state index in [0.29, 0.717) is 6.79 Å². The second-order valence-corrected chi connectivity index (χ2v) is 5.53. The quantitative estimate of drug-likeness (QED) is 0.917. The third-order valence-electron chi connectivity index (χ3n) is 3.86. The highest BCUT2D eigenvalue weighted by Gasteiger charge is 2.14. The van der Waals surface area contributed by atoms with Gasteiger partial charge in [0, 0.05) is 6.04 Å².